The fourth-order valence-electron chi connectivity index (χ4n) is 8.18. The van der Waals surface area contributed by atoms with Gasteiger partial charge < -0.3 is 60.7 Å². The molecule has 0 saturated heterocycles. The lowest BCUT2D eigenvalue weighted by molar-refractivity contribution is -0.698. The fraction of sp³-hybridized carbons (Fsp3) is 0.303. The molecule has 4 aromatic carbocycles. The minimum atomic E-state index is 0. The zero-order valence-electron chi connectivity index (χ0n) is 49.9. The summed E-state index contributed by atoms with van der Waals surface area (Å²) in [5.74, 6) is 0. The van der Waals surface area contributed by atoms with Crippen molar-refractivity contribution in [1.29, 1.82) is 0 Å². The molecule has 0 saturated carbocycles. The second kappa shape index (κ2) is 40.4. The SMILES string of the molecule is CN(/N=C/c1cc[n+](CCCCCCBr)cc1)c1ccccc1.Cc1cc(N(C)C)ccc1N=Nc1cc[n+](CCCCCC[n+]2ccc(/C=N\N(C)c3ccccc3)cc2)cc1.Cc1cc(N(C)C)ccc1N=Nc1ccncc1.[Br-].[Br-].[Br-]. The van der Waals surface area contributed by atoms with Gasteiger partial charge in [-0.15, -0.1) is 0 Å². The molecule has 0 atom stereocenters. The summed E-state index contributed by atoms with van der Waals surface area (Å²) in [6.45, 7) is 7.24. The van der Waals surface area contributed by atoms with Crippen LogP contribution in [0.5, 0.6) is 0 Å². The van der Waals surface area contributed by atoms with Gasteiger partial charge in [-0.05, 0) is 123 Å². The molecule has 0 aliphatic rings. The number of halogens is 4. The molecule has 0 bridgehead atoms. The average Bonchev–Trinajstić information content (AvgIpc) is 3.54. The van der Waals surface area contributed by atoms with E-state index in [0.717, 1.165) is 93.5 Å². The molecule has 0 amide bonds. The van der Waals surface area contributed by atoms with Crippen molar-refractivity contribution in [2.45, 2.75) is 84.8 Å². The minimum absolute atomic E-state index is 0. The molecule has 0 unspecified atom stereocenters. The Morgan fingerprint density at radius 1 is 0.405 bits per heavy atom. The van der Waals surface area contributed by atoms with Crippen LogP contribution in [0, 0.1) is 13.8 Å². The van der Waals surface area contributed by atoms with Gasteiger partial charge in [0, 0.05) is 138 Å². The maximum Gasteiger partial charge on any atom is 0.171 e. The van der Waals surface area contributed by atoms with Gasteiger partial charge in [0.05, 0.1) is 46.6 Å². The van der Waals surface area contributed by atoms with Gasteiger partial charge >= 0.3 is 0 Å². The highest BCUT2D eigenvalue weighted by Gasteiger charge is 2.07. The molecule has 8 rings (SSSR count). The molecule has 0 fully saturated rings. The van der Waals surface area contributed by atoms with Crippen molar-refractivity contribution in [2.24, 2.45) is 30.7 Å². The standard InChI is InChI=1S/C33H41N7.C19H25BrN3.C14H16N4.3BrH/c1-28-26-32(37(2)3)14-15-33(28)36-35-30-18-24-40(25-19-30)21-11-6-5-10-20-39-22-16-29(17-23-39)27-34-38(4)31-12-8-7-9-13-31;1-22(19-9-5-4-6-10-19)21-17-18-11-15-23(16-12-18)14-8-3-2-7-13-20;1-11-10-13(18(2)3)4-5-14(11)17-16-12-6-8-15-9-7-12;;;/h7-9,12-19,22-27H,5-6,10-11,20-21H2,1-4H3;4-6,9-12,15-17H,2-3,7-8,13-14H2,1H3;4-10H,1-3H3;3*1H/q+2;+1;;;;/p-3. The monoisotopic (exact) mass is 1390 g/mol. The lowest BCUT2D eigenvalue weighted by atomic mass is 10.2. The Kier molecular flexibility index (Phi) is 34.4. The van der Waals surface area contributed by atoms with E-state index in [2.05, 4.69) is 162 Å². The average molecular weight is 1390 g/mol. The quantitative estimate of drug-likeness (QED) is 0.0173. The van der Waals surface area contributed by atoms with Gasteiger partial charge in [0.25, 0.3) is 0 Å². The van der Waals surface area contributed by atoms with Crippen LogP contribution >= 0.6 is 15.9 Å². The summed E-state index contributed by atoms with van der Waals surface area (Å²) in [4.78, 5) is 8.10. The molecule has 84 heavy (non-hydrogen) atoms. The van der Waals surface area contributed by atoms with Crippen LogP contribution in [0.3, 0.4) is 0 Å². The smallest absolute Gasteiger partial charge is 0.171 e. The van der Waals surface area contributed by atoms with E-state index >= 15 is 0 Å². The predicted octanol–water partition coefficient (Wildman–Crippen LogP) is 6.07. The molecular formula is C66H82Br4N14. The summed E-state index contributed by atoms with van der Waals surface area (Å²) >= 11 is 3.47. The third-order valence-electron chi connectivity index (χ3n) is 13.2. The van der Waals surface area contributed by atoms with Gasteiger partial charge in [-0.1, -0.05) is 58.7 Å². The lowest BCUT2D eigenvalue weighted by Gasteiger charge is -2.13. The van der Waals surface area contributed by atoms with Gasteiger partial charge in [-0.2, -0.15) is 30.7 Å². The Balaban J connectivity index is 0.000000357. The van der Waals surface area contributed by atoms with E-state index in [9.17, 15) is 0 Å². The van der Waals surface area contributed by atoms with Gasteiger partial charge in [-0.25, -0.2) is 13.7 Å². The number of hydrogen-bond donors (Lipinski definition) is 0. The number of alkyl halides is 1. The van der Waals surface area contributed by atoms with Crippen LogP contribution in [0.4, 0.5) is 45.5 Å². The first-order chi connectivity index (χ1) is 39.4. The van der Waals surface area contributed by atoms with Crippen LogP contribution in [0.25, 0.3) is 0 Å². The van der Waals surface area contributed by atoms with E-state index in [1.807, 2.05) is 175 Å². The molecule has 0 aliphatic heterocycles. The van der Waals surface area contributed by atoms with E-state index in [0.29, 0.717) is 0 Å². The maximum absolute atomic E-state index is 4.54. The van der Waals surface area contributed by atoms with Crippen LogP contribution in [-0.4, -0.2) is 65.0 Å². The Hall–Kier alpha value is -6.86. The third-order valence-corrected chi connectivity index (χ3v) is 13.8. The minimum Gasteiger partial charge on any atom is -1.00 e. The fourth-order valence-corrected chi connectivity index (χ4v) is 8.58. The van der Waals surface area contributed by atoms with Gasteiger partial charge in [0.2, 0.25) is 0 Å². The number of hydrazone groups is 2. The van der Waals surface area contributed by atoms with Crippen molar-refractivity contribution >= 4 is 73.9 Å². The number of azo groups is 2. The summed E-state index contributed by atoms with van der Waals surface area (Å²) in [6, 6.07) is 48.8. The summed E-state index contributed by atoms with van der Waals surface area (Å²) in [5, 5.41) is 31.2. The topological polar surface area (TPSA) is 112 Å². The van der Waals surface area contributed by atoms with Gasteiger partial charge in [-0.3, -0.25) is 15.0 Å². The van der Waals surface area contributed by atoms with Crippen LogP contribution in [0.15, 0.2) is 226 Å². The first-order valence-corrected chi connectivity index (χ1v) is 29.0. The van der Waals surface area contributed by atoms with Crippen LogP contribution in [-0.2, 0) is 19.6 Å². The summed E-state index contributed by atoms with van der Waals surface area (Å²) in [5.41, 5.74) is 12.4. The van der Waals surface area contributed by atoms with Crippen LogP contribution in [0.2, 0.25) is 0 Å². The van der Waals surface area contributed by atoms with E-state index in [4.69, 9.17) is 0 Å². The van der Waals surface area contributed by atoms with E-state index < -0.39 is 0 Å². The molecule has 18 heteroatoms. The molecular weight excluding hydrogens is 1310 g/mol. The zero-order chi connectivity index (χ0) is 57.4. The highest BCUT2D eigenvalue weighted by molar-refractivity contribution is 9.09. The third kappa shape index (κ3) is 26.4. The number of para-hydroxylation sites is 2. The Morgan fingerprint density at radius 2 is 0.762 bits per heavy atom. The zero-order valence-corrected chi connectivity index (χ0v) is 56.2. The van der Waals surface area contributed by atoms with Crippen LogP contribution in [0.1, 0.15) is 73.6 Å². The number of unbranched alkanes of at least 4 members (excludes halogenated alkanes) is 6. The Labute approximate surface area is 539 Å². The van der Waals surface area contributed by atoms with E-state index in [1.54, 1.807) is 12.4 Å². The maximum atomic E-state index is 4.54. The van der Waals surface area contributed by atoms with Gasteiger partial charge in [0.15, 0.2) is 37.2 Å². The number of anilines is 4. The first-order valence-electron chi connectivity index (χ1n) is 27.9. The number of aromatic nitrogens is 4. The molecule has 444 valence electrons. The Morgan fingerprint density at radius 3 is 1.12 bits per heavy atom. The van der Waals surface area contributed by atoms with Crippen molar-refractivity contribution in [3.63, 3.8) is 0 Å². The summed E-state index contributed by atoms with van der Waals surface area (Å²) < 4.78 is 6.71. The summed E-state index contributed by atoms with van der Waals surface area (Å²) in [6.07, 6.45) is 29.8. The number of rotatable bonds is 25. The predicted molar refractivity (Wildman–Crippen MR) is 339 cm³/mol. The number of pyridine rings is 4. The molecule has 14 nitrogen and oxygen atoms in total. The van der Waals surface area contributed by atoms with Crippen molar-refractivity contribution in [3.8, 4) is 0 Å². The van der Waals surface area contributed by atoms with Crippen molar-refractivity contribution in [1.82, 2.24) is 4.98 Å². The second-order valence-corrected chi connectivity index (χ2v) is 20.9. The number of hydrogen-bond acceptors (Lipinski definition) is 11. The molecule has 8 aromatic rings. The molecule has 4 heterocycles. The number of aryl methyl sites for hydroxylation is 5. The largest absolute Gasteiger partial charge is 1.00 e. The Bertz CT molecular complexity index is 3170. The number of benzene rings is 4. The van der Waals surface area contributed by atoms with Crippen LogP contribution < -0.4 is 84.5 Å². The highest BCUT2D eigenvalue weighted by atomic mass is 79.9. The molecule has 0 radical (unpaired) electrons. The highest BCUT2D eigenvalue weighted by Crippen LogP contribution is 2.27. The van der Waals surface area contributed by atoms with E-state index in [-0.39, 0.29) is 50.9 Å². The van der Waals surface area contributed by atoms with E-state index in [1.165, 1.54) is 50.6 Å². The van der Waals surface area contributed by atoms with Crippen molar-refractivity contribution in [2.75, 3.05) is 67.4 Å². The normalized spacial score (nSPS) is 10.8. The molecule has 4 aromatic heterocycles. The van der Waals surface area contributed by atoms with Crippen molar-refractivity contribution < 1.29 is 64.6 Å². The second-order valence-electron chi connectivity index (χ2n) is 20.1. The first kappa shape index (κ1) is 71.4. The van der Waals surface area contributed by atoms with Gasteiger partial charge in [0.1, 0.15) is 19.6 Å². The molecule has 0 N–H and O–H groups in total. The molecule has 0 spiro atoms. The number of nitrogens with zero attached hydrogens (tertiary/aromatic N) is 14. The summed E-state index contributed by atoms with van der Waals surface area (Å²) in [7, 11) is 12.0. The lowest BCUT2D eigenvalue weighted by Crippen LogP contribution is -3.00. The molecule has 0 aliphatic carbocycles. The van der Waals surface area contributed by atoms with Crippen molar-refractivity contribution in [3.05, 3.63) is 217 Å².